The van der Waals surface area contributed by atoms with Gasteiger partial charge < -0.3 is 14.4 Å². The van der Waals surface area contributed by atoms with Crippen molar-refractivity contribution in [2.45, 2.75) is 19.1 Å². The van der Waals surface area contributed by atoms with Gasteiger partial charge in [-0.15, -0.1) is 0 Å². The standard InChI is InChI=1S/C25H23NO4/c1-26(16-19-10-6-7-11-22(19)29-2)24(27)18-12-13-21-20(14-18)15-23(30-25(21)28)17-8-4-3-5-9-17/h3-14,23H,15-16H2,1-2H3/t23-/m0/s1. The summed E-state index contributed by atoms with van der Waals surface area (Å²) in [7, 11) is 3.38. The Morgan fingerprint density at radius 3 is 2.57 bits per heavy atom. The topological polar surface area (TPSA) is 55.8 Å². The van der Waals surface area contributed by atoms with Gasteiger partial charge >= 0.3 is 5.97 Å². The van der Waals surface area contributed by atoms with Crippen molar-refractivity contribution in [3.63, 3.8) is 0 Å². The molecule has 0 radical (unpaired) electrons. The average Bonchev–Trinajstić information content (AvgIpc) is 2.79. The predicted molar refractivity (Wildman–Crippen MR) is 114 cm³/mol. The van der Waals surface area contributed by atoms with Crippen LogP contribution in [-0.4, -0.2) is 30.9 Å². The molecular weight excluding hydrogens is 378 g/mol. The lowest BCUT2D eigenvalue weighted by molar-refractivity contribution is 0.0252. The molecule has 30 heavy (non-hydrogen) atoms. The van der Waals surface area contributed by atoms with Gasteiger partial charge in [0, 0.05) is 31.1 Å². The SMILES string of the molecule is COc1ccccc1CN(C)C(=O)c1ccc2c(c1)C[C@@H](c1ccccc1)OC2=O. The molecule has 5 nitrogen and oxygen atoms in total. The molecule has 0 unspecified atom stereocenters. The molecule has 1 atom stereocenters. The molecule has 1 aliphatic rings. The van der Waals surface area contributed by atoms with Crippen molar-refractivity contribution in [3.05, 3.63) is 101 Å². The molecule has 0 bridgehead atoms. The molecule has 1 heterocycles. The molecular formula is C25H23NO4. The van der Waals surface area contributed by atoms with Crippen molar-refractivity contribution in [2.75, 3.05) is 14.2 Å². The number of hydrogen-bond acceptors (Lipinski definition) is 4. The van der Waals surface area contributed by atoms with Gasteiger partial charge in [0.05, 0.1) is 12.7 Å². The number of cyclic esters (lactones) is 1. The van der Waals surface area contributed by atoms with E-state index in [1.165, 1.54) is 0 Å². The molecule has 152 valence electrons. The Labute approximate surface area is 175 Å². The van der Waals surface area contributed by atoms with E-state index in [0.29, 0.717) is 24.1 Å². The van der Waals surface area contributed by atoms with E-state index in [9.17, 15) is 9.59 Å². The maximum absolute atomic E-state index is 13.0. The van der Waals surface area contributed by atoms with Crippen LogP contribution in [0.15, 0.2) is 72.8 Å². The summed E-state index contributed by atoms with van der Waals surface area (Å²) in [5.74, 6) is 0.279. The summed E-state index contributed by atoms with van der Waals surface area (Å²) in [6.07, 6.45) is 0.200. The maximum atomic E-state index is 13.0. The van der Waals surface area contributed by atoms with Gasteiger partial charge in [0.15, 0.2) is 0 Å². The summed E-state index contributed by atoms with van der Waals surface area (Å²) in [5.41, 5.74) is 3.78. The number of ether oxygens (including phenoxy) is 2. The molecule has 0 N–H and O–H groups in total. The summed E-state index contributed by atoms with van der Waals surface area (Å²) < 4.78 is 11.0. The highest BCUT2D eigenvalue weighted by Gasteiger charge is 2.28. The van der Waals surface area contributed by atoms with Crippen LogP contribution in [0.2, 0.25) is 0 Å². The highest BCUT2D eigenvalue weighted by atomic mass is 16.5. The molecule has 4 rings (SSSR count). The van der Waals surface area contributed by atoms with Gasteiger partial charge in [0.1, 0.15) is 11.9 Å². The van der Waals surface area contributed by atoms with Crippen molar-refractivity contribution in [3.8, 4) is 5.75 Å². The van der Waals surface area contributed by atoms with Gasteiger partial charge in [-0.2, -0.15) is 0 Å². The minimum Gasteiger partial charge on any atom is -0.496 e. The van der Waals surface area contributed by atoms with Gasteiger partial charge in [-0.25, -0.2) is 4.79 Å². The van der Waals surface area contributed by atoms with Crippen LogP contribution in [0.1, 0.15) is 43.5 Å². The van der Waals surface area contributed by atoms with Crippen molar-refractivity contribution >= 4 is 11.9 Å². The third-order valence-electron chi connectivity index (χ3n) is 5.34. The summed E-state index contributed by atoms with van der Waals surface area (Å²) in [5, 5.41) is 0. The zero-order valence-electron chi connectivity index (χ0n) is 17.0. The van der Waals surface area contributed by atoms with Gasteiger partial charge in [0.2, 0.25) is 0 Å². The van der Waals surface area contributed by atoms with E-state index in [4.69, 9.17) is 9.47 Å². The first-order valence-electron chi connectivity index (χ1n) is 9.83. The van der Waals surface area contributed by atoms with Crippen LogP contribution >= 0.6 is 0 Å². The van der Waals surface area contributed by atoms with Crippen molar-refractivity contribution in [1.82, 2.24) is 4.90 Å². The Kier molecular flexibility index (Phi) is 5.53. The molecule has 0 aromatic heterocycles. The van der Waals surface area contributed by atoms with Crippen LogP contribution in [0, 0.1) is 0 Å². The number of rotatable bonds is 5. The van der Waals surface area contributed by atoms with E-state index < -0.39 is 0 Å². The maximum Gasteiger partial charge on any atom is 0.339 e. The zero-order chi connectivity index (χ0) is 21.1. The molecule has 3 aromatic rings. The fourth-order valence-electron chi connectivity index (χ4n) is 3.76. The van der Waals surface area contributed by atoms with E-state index in [-0.39, 0.29) is 18.0 Å². The van der Waals surface area contributed by atoms with Gasteiger partial charge in [-0.05, 0) is 35.4 Å². The zero-order valence-corrected chi connectivity index (χ0v) is 17.0. The fourth-order valence-corrected chi connectivity index (χ4v) is 3.76. The lowest BCUT2D eigenvalue weighted by Crippen LogP contribution is -2.27. The van der Waals surface area contributed by atoms with Gasteiger partial charge in [-0.1, -0.05) is 48.5 Å². The lowest BCUT2D eigenvalue weighted by Gasteiger charge is -2.26. The average molecular weight is 401 g/mol. The molecule has 0 saturated heterocycles. The van der Waals surface area contributed by atoms with Crippen LogP contribution in [0.3, 0.4) is 0 Å². The van der Waals surface area contributed by atoms with Crippen LogP contribution in [0.25, 0.3) is 0 Å². The molecule has 5 heteroatoms. The van der Waals surface area contributed by atoms with Crippen molar-refractivity contribution in [2.24, 2.45) is 0 Å². The molecule has 0 spiro atoms. The number of nitrogens with zero attached hydrogens (tertiary/aromatic N) is 1. The first-order chi connectivity index (χ1) is 14.6. The molecule has 1 amide bonds. The van der Waals surface area contributed by atoms with E-state index in [0.717, 1.165) is 22.4 Å². The number of para-hydroxylation sites is 1. The summed E-state index contributed by atoms with van der Waals surface area (Å²) in [4.78, 5) is 27.1. The summed E-state index contributed by atoms with van der Waals surface area (Å²) in [6.45, 7) is 0.425. The first kappa shape index (κ1) is 19.7. The van der Waals surface area contributed by atoms with Gasteiger partial charge in [0.25, 0.3) is 5.91 Å². The second-order valence-electron chi connectivity index (χ2n) is 7.35. The number of hydrogen-bond donors (Lipinski definition) is 0. The Hall–Kier alpha value is -3.60. The van der Waals surface area contributed by atoms with Crippen LogP contribution < -0.4 is 4.74 Å². The highest BCUT2D eigenvalue weighted by molar-refractivity contribution is 5.97. The molecule has 0 aliphatic carbocycles. The number of amides is 1. The second-order valence-corrected chi connectivity index (χ2v) is 7.35. The quantitative estimate of drug-likeness (QED) is 0.594. The Morgan fingerprint density at radius 2 is 1.80 bits per heavy atom. The largest absolute Gasteiger partial charge is 0.496 e. The number of esters is 1. The third kappa shape index (κ3) is 3.92. The molecule has 0 fully saturated rings. The monoisotopic (exact) mass is 401 g/mol. The minimum atomic E-state index is -0.355. The molecule has 1 aliphatic heterocycles. The Bertz CT molecular complexity index is 1080. The number of benzene rings is 3. The molecule has 3 aromatic carbocycles. The highest BCUT2D eigenvalue weighted by Crippen LogP contribution is 2.31. The summed E-state index contributed by atoms with van der Waals surface area (Å²) in [6, 6.07) is 22.5. The van der Waals surface area contributed by atoms with Gasteiger partial charge in [-0.3, -0.25) is 4.79 Å². The van der Waals surface area contributed by atoms with Crippen LogP contribution in [0.4, 0.5) is 0 Å². The minimum absolute atomic E-state index is 0.112. The van der Waals surface area contributed by atoms with E-state index in [1.54, 1.807) is 31.2 Å². The Balaban J connectivity index is 1.56. The van der Waals surface area contributed by atoms with Crippen LogP contribution in [0.5, 0.6) is 5.75 Å². The lowest BCUT2D eigenvalue weighted by atomic mass is 9.93. The van der Waals surface area contributed by atoms with Crippen molar-refractivity contribution < 1.29 is 19.1 Å². The number of fused-ring (bicyclic) bond motifs is 1. The number of carbonyl (C=O) groups excluding carboxylic acids is 2. The van der Waals surface area contributed by atoms with E-state index in [2.05, 4.69) is 0 Å². The van der Waals surface area contributed by atoms with E-state index >= 15 is 0 Å². The summed E-state index contributed by atoms with van der Waals surface area (Å²) >= 11 is 0. The smallest absolute Gasteiger partial charge is 0.339 e. The fraction of sp³-hybridized carbons (Fsp3) is 0.200. The molecule has 0 saturated carbocycles. The van der Waals surface area contributed by atoms with E-state index in [1.807, 2.05) is 60.7 Å². The van der Waals surface area contributed by atoms with Crippen LogP contribution in [-0.2, 0) is 17.7 Å². The van der Waals surface area contributed by atoms with Crippen molar-refractivity contribution in [1.29, 1.82) is 0 Å². The predicted octanol–water partition coefficient (Wildman–Crippen LogP) is 4.42. The Morgan fingerprint density at radius 1 is 1.07 bits per heavy atom. The number of methoxy groups -OCH3 is 1. The first-order valence-corrected chi connectivity index (χ1v) is 9.83. The number of carbonyl (C=O) groups is 2. The third-order valence-corrected chi connectivity index (χ3v) is 5.34. The normalized spacial score (nSPS) is 15.1. The second kappa shape index (κ2) is 8.41.